The second-order valence-corrected chi connectivity index (χ2v) is 5.95. The van der Waals surface area contributed by atoms with E-state index >= 15 is 0 Å². The maximum Gasteiger partial charge on any atom is 0.197 e. The van der Waals surface area contributed by atoms with E-state index in [2.05, 4.69) is 9.97 Å². The molecule has 102 valence electrons. The van der Waals surface area contributed by atoms with Gasteiger partial charge in [-0.05, 0) is 41.9 Å². The Morgan fingerprint density at radius 2 is 2.00 bits per heavy atom. The lowest BCUT2D eigenvalue weighted by Gasteiger charge is -2.01. The molecule has 0 radical (unpaired) electrons. The van der Waals surface area contributed by atoms with E-state index in [9.17, 15) is 0 Å². The second-order valence-electron chi connectivity index (χ2n) is 4.61. The fourth-order valence-corrected chi connectivity index (χ4v) is 3.16. The van der Waals surface area contributed by atoms with Gasteiger partial charge in [0.1, 0.15) is 11.3 Å². The van der Waals surface area contributed by atoms with Crippen LogP contribution in [0.1, 0.15) is 0 Å². The number of aromatic amines is 1. The molecule has 0 amide bonds. The molecule has 0 unspecified atom stereocenters. The molecule has 0 aliphatic carbocycles. The molecule has 3 heterocycles. The minimum atomic E-state index is 0.455. The molecule has 0 saturated carbocycles. The number of para-hydroxylation sites is 1. The Morgan fingerprint density at radius 3 is 2.81 bits per heavy atom. The van der Waals surface area contributed by atoms with Crippen LogP contribution in [0.25, 0.3) is 33.0 Å². The Morgan fingerprint density at radius 1 is 1.10 bits per heavy atom. The minimum Gasteiger partial charge on any atom is -0.454 e. The molecule has 0 fully saturated rings. The quantitative estimate of drug-likeness (QED) is 0.512. The molecule has 3 nitrogen and oxygen atoms in total. The average molecular weight is 310 g/mol. The summed E-state index contributed by atoms with van der Waals surface area (Å²) in [5.41, 5.74) is 2.56. The molecular weight excluding hydrogens is 300 g/mol. The van der Waals surface area contributed by atoms with Crippen LogP contribution < -0.4 is 0 Å². The highest BCUT2D eigenvalue weighted by Crippen LogP contribution is 2.29. The number of nitrogens with one attached hydrogen (secondary N) is 1. The normalized spacial score (nSPS) is 11.0. The number of thiophene rings is 1. The third-order valence-corrected chi connectivity index (χ3v) is 4.31. The summed E-state index contributed by atoms with van der Waals surface area (Å²) >= 11 is 6.90. The van der Waals surface area contributed by atoms with Gasteiger partial charge in [0.15, 0.2) is 10.5 Å². The number of fused-ring (bicyclic) bond motifs is 1. The molecule has 5 heteroatoms. The smallest absolute Gasteiger partial charge is 0.197 e. The van der Waals surface area contributed by atoms with Crippen LogP contribution in [0, 0.1) is 4.77 Å². The van der Waals surface area contributed by atoms with Crippen LogP contribution in [0.3, 0.4) is 0 Å². The molecule has 4 rings (SSSR count). The van der Waals surface area contributed by atoms with Crippen molar-refractivity contribution < 1.29 is 4.42 Å². The molecule has 1 aromatic carbocycles. The van der Waals surface area contributed by atoms with Crippen LogP contribution in [0.4, 0.5) is 0 Å². The van der Waals surface area contributed by atoms with E-state index in [1.807, 2.05) is 53.9 Å². The van der Waals surface area contributed by atoms with Crippen molar-refractivity contribution in [2.45, 2.75) is 0 Å². The van der Waals surface area contributed by atoms with Crippen molar-refractivity contribution in [3.8, 4) is 22.0 Å². The zero-order valence-electron chi connectivity index (χ0n) is 10.9. The van der Waals surface area contributed by atoms with Crippen molar-refractivity contribution >= 4 is 34.5 Å². The van der Waals surface area contributed by atoms with E-state index in [1.54, 1.807) is 11.3 Å². The summed E-state index contributed by atoms with van der Waals surface area (Å²) < 4.78 is 6.32. The first-order valence-corrected chi connectivity index (χ1v) is 7.72. The van der Waals surface area contributed by atoms with Crippen molar-refractivity contribution in [2.75, 3.05) is 0 Å². The van der Waals surface area contributed by atoms with Gasteiger partial charge >= 0.3 is 0 Å². The predicted molar refractivity (Wildman–Crippen MR) is 87.9 cm³/mol. The fourth-order valence-electron chi connectivity index (χ4n) is 2.26. The standard InChI is InChI=1S/C16H10N2OS2/c20-16-17-11(9-12(18-16)15-6-3-7-21-15)14-8-10-4-1-2-5-13(10)19-14/h1-9H,(H,17,18,20). The number of aromatic nitrogens is 2. The summed E-state index contributed by atoms with van der Waals surface area (Å²) in [6, 6.07) is 15.9. The van der Waals surface area contributed by atoms with Gasteiger partial charge in [0.05, 0.1) is 10.6 Å². The van der Waals surface area contributed by atoms with Crippen molar-refractivity contribution in [2.24, 2.45) is 0 Å². The molecule has 0 saturated heterocycles. The molecular formula is C16H10N2OS2. The number of nitrogens with zero attached hydrogens (tertiary/aromatic N) is 1. The van der Waals surface area contributed by atoms with Crippen LogP contribution in [-0.2, 0) is 0 Å². The summed E-state index contributed by atoms with van der Waals surface area (Å²) in [4.78, 5) is 8.63. The van der Waals surface area contributed by atoms with Crippen molar-refractivity contribution in [1.29, 1.82) is 0 Å². The molecule has 0 bridgehead atoms. The third-order valence-electron chi connectivity index (χ3n) is 3.21. The van der Waals surface area contributed by atoms with E-state index in [0.29, 0.717) is 4.77 Å². The van der Waals surface area contributed by atoms with Gasteiger partial charge in [0.2, 0.25) is 0 Å². The SMILES string of the molecule is S=c1nc(-c2cc3ccccc3o2)cc(-c2cccs2)[nH]1. The summed E-state index contributed by atoms with van der Waals surface area (Å²) in [5, 5.41) is 3.10. The molecule has 21 heavy (non-hydrogen) atoms. The minimum absolute atomic E-state index is 0.455. The zero-order chi connectivity index (χ0) is 14.2. The number of benzene rings is 1. The van der Waals surface area contributed by atoms with Crippen LogP contribution in [0.2, 0.25) is 0 Å². The monoisotopic (exact) mass is 310 g/mol. The lowest BCUT2D eigenvalue weighted by Crippen LogP contribution is -1.89. The van der Waals surface area contributed by atoms with Crippen molar-refractivity contribution in [1.82, 2.24) is 9.97 Å². The molecule has 0 aliphatic heterocycles. The van der Waals surface area contributed by atoms with E-state index in [0.717, 1.165) is 33.0 Å². The molecule has 4 aromatic rings. The third kappa shape index (κ3) is 2.30. The zero-order valence-corrected chi connectivity index (χ0v) is 12.5. The van der Waals surface area contributed by atoms with Gasteiger partial charge in [-0.3, -0.25) is 0 Å². The number of rotatable bonds is 2. The largest absolute Gasteiger partial charge is 0.454 e. The van der Waals surface area contributed by atoms with Gasteiger partial charge in [-0.25, -0.2) is 4.98 Å². The first kappa shape index (κ1) is 12.5. The van der Waals surface area contributed by atoms with Gasteiger partial charge < -0.3 is 9.40 Å². The molecule has 0 spiro atoms. The highest BCUT2D eigenvalue weighted by Gasteiger charge is 2.10. The first-order valence-electron chi connectivity index (χ1n) is 6.44. The van der Waals surface area contributed by atoms with E-state index < -0.39 is 0 Å². The van der Waals surface area contributed by atoms with Gasteiger partial charge in [0, 0.05) is 5.39 Å². The van der Waals surface area contributed by atoms with Gasteiger partial charge in [-0.1, -0.05) is 24.3 Å². The lowest BCUT2D eigenvalue weighted by molar-refractivity contribution is 0.628. The number of hydrogen-bond donors (Lipinski definition) is 1. The fraction of sp³-hybridized carbons (Fsp3) is 0. The van der Waals surface area contributed by atoms with Crippen molar-refractivity contribution in [3.05, 3.63) is 58.7 Å². The van der Waals surface area contributed by atoms with E-state index in [1.165, 1.54) is 0 Å². The van der Waals surface area contributed by atoms with Crippen LogP contribution in [-0.4, -0.2) is 9.97 Å². The summed E-state index contributed by atoms with van der Waals surface area (Å²) in [6.07, 6.45) is 0. The average Bonchev–Trinajstić information content (AvgIpc) is 3.16. The van der Waals surface area contributed by atoms with Crippen molar-refractivity contribution in [3.63, 3.8) is 0 Å². The van der Waals surface area contributed by atoms with Crippen LogP contribution in [0.15, 0.2) is 58.3 Å². The van der Waals surface area contributed by atoms with Gasteiger partial charge in [-0.15, -0.1) is 11.3 Å². The number of hydrogen-bond acceptors (Lipinski definition) is 4. The Hall–Kier alpha value is -2.24. The highest BCUT2D eigenvalue weighted by atomic mass is 32.1. The van der Waals surface area contributed by atoms with Gasteiger partial charge in [-0.2, -0.15) is 0 Å². The highest BCUT2D eigenvalue weighted by molar-refractivity contribution is 7.71. The summed E-state index contributed by atoms with van der Waals surface area (Å²) in [7, 11) is 0. The Kier molecular flexibility index (Phi) is 2.94. The first-order chi connectivity index (χ1) is 10.3. The predicted octanol–water partition coefficient (Wildman–Crippen LogP) is 5.28. The molecule has 0 atom stereocenters. The maximum absolute atomic E-state index is 5.86. The summed E-state index contributed by atoms with van der Waals surface area (Å²) in [6.45, 7) is 0. The Labute approximate surface area is 129 Å². The maximum atomic E-state index is 5.86. The Bertz CT molecular complexity index is 934. The number of furan rings is 1. The molecule has 3 aromatic heterocycles. The molecule has 0 aliphatic rings. The summed E-state index contributed by atoms with van der Waals surface area (Å²) in [5.74, 6) is 0.731. The van der Waals surface area contributed by atoms with E-state index in [4.69, 9.17) is 16.6 Å². The van der Waals surface area contributed by atoms with Crippen LogP contribution >= 0.6 is 23.6 Å². The van der Waals surface area contributed by atoms with E-state index in [-0.39, 0.29) is 0 Å². The number of H-pyrrole nitrogens is 1. The molecule has 1 N–H and O–H groups in total. The lowest BCUT2D eigenvalue weighted by atomic mass is 10.2. The topological polar surface area (TPSA) is 41.8 Å². The second kappa shape index (κ2) is 4.95. The van der Waals surface area contributed by atoms with Crippen LogP contribution in [0.5, 0.6) is 0 Å². The van der Waals surface area contributed by atoms with Gasteiger partial charge in [0.25, 0.3) is 0 Å². The Balaban J connectivity index is 1.90.